The van der Waals surface area contributed by atoms with Gasteiger partial charge < -0.3 is 10.0 Å². The predicted molar refractivity (Wildman–Crippen MR) is 53.9 cm³/mol. The van der Waals surface area contributed by atoms with Crippen molar-refractivity contribution in [1.29, 1.82) is 0 Å². The monoisotopic (exact) mass is 201 g/mol. The number of alkyl halides is 1. The van der Waals surface area contributed by atoms with E-state index in [1.54, 1.807) is 0 Å². The Labute approximate surface area is 85.1 Å². The van der Waals surface area contributed by atoms with Gasteiger partial charge in [0.15, 0.2) is 0 Å². The van der Waals surface area contributed by atoms with E-state index >= 15 is 0 Å². The minimum Gasteiger partial charge on any atom is -0.389 e. The maximum Gasteiger partial charge on any atom is 0.0923 e. The number of aliphatic hydroxyl groups is 1. The number of halogens is 1. The van der Waals surface area contributed by atoms with Crippen LogP contribution in [0.4, 0.5) is 4.39 Å². The van der Waals surface area contributed by atoms with Crippen molar-refractivity contribution in [3.63, 3.8) is 0 Å². The van der Waals surface area contributed by atoms with Gasteiger partial charge in [0.1, 0.15) is 0 Å². The molecule has 0 atom stereocenters. The molecule has 2 rings (SSSR count). The number of β-amino-alcohol motifs (C(OH)–C–C–N with tert-alkyl or cyclic N) is 1. The second-order valence-electron chi connectivity index (χ2n) is 4.95. The van der Waals surface area contributed by atoms with E-state index in [2.05, 4.69) is 4.90 Å². The van der Waals surface area contributed by atoms with Crippen molar-refractivity contribution in [3.05, 3.63) is 0 Å². The molecule has 1 aliphatic heterocycles. The van der Waals surface area contributed by atoms with E-state index < -0.39 is 5.60 Å². The summed E-state index contributed by atoms with van der Waals surface area (Å²) in [6.07, 6.45) is 5.00. The number of likely N-dealkylation sites (tertiary alicyclic amines) is 1. The zero-order valence-electron chi connectivity index (χ0n) is 8.71. The molecule has 0 bridgehead atoms. The summed E-state index contributed by atoms with van der Waals surface area (Å²) >= 11 is 0. The second kappa shape index (κ2) is 4.15. The Morgan fingerprint density at radius 2 is 1.93 bits per heavy atom. The van der Waals surface area contributed by atoms with Gasteiger partial charge >= 0.3 is 0 Å². The summed E-state index contributed by atoms with van der Waals surface area (Å²) in [5.74, 6) is 0.280. The van der Waals surface area contributed by atoms with Gasteiger partial charge in [0, 0.05) is 6.54 Å². The molecule has 2 nitrogen and oxygen atoms in total. The van der Waals surface area contributed by atoms with Gasteiger partial charge in [0.25, 0.3) is 0 Å². The first kappa shape index (κ1) is 10.4. The van der Waals surface area contributed by atoms with Gasteiger partial charge in [-0.05, 0) is 51.1 Å². The number of rotatable bonds is 3. The fourth-order valence-electron chi connectivity index (χ4n) is 2.46. The normalized spacial score (nSPS) is 28.7. The van der Waals surface area contributed by atoms with Crippen LogP contribution in [0, 0.1) is 5.92 Å². The molecule has 0 aromatic rings. The van der Waals surface area contributed by atoms with Gasteiger partial charge in [-0.1, -0.05) is 0 Å². The van der Waals surface area contributed by atoms with Crippen molar-refractivity contribution in [3.8, 4) is 0 Å². The molecule has 82 valence electrons. The van der Waals surface area contributed by atoms with Crippen LogP contribution in [0.5, 0.6) is 0 Å². The van der Waals surface area contributed by atoms with Crippen molar-refractivity contribution in [2.45, 2.75) is 37.7 Å². The number of hydrogen-bond donors (Lipinski definition) is 1. The number of hydrogen-bond acceptors (Lipinski definition) is 2. The lowest BCUT2D eigenvalue weighted by atomic mass is 9.79. The fraction of sp³-hybridized carbons (Fsp3) is 1.00. The van der Waals surface area contributed by atoms with E-state index in [4.69, 9.17) is 0 Å². The Balaban J connectivity index is 1.73. The van der Waals surface area contributed by atoms with Crippen LogP contribution in [0.1, 0.15) is 32.1 Å². The molecule has 1 N–H and O–H groups in total. The van der Waals surface area contributed by atoms with Crippen LogP contribution >= 0.6 is 0 Å². The molecule has 0 unspecified atom stereocenters. The Morgan fingerprint density at radius 1 is 1.29 bits per heavy atom. The first-order valence-corrected chi connectivity index (χ1v) is 5.72. The van der Waals surface area contributed by atoms with E-state index in [9.17, 15) is 9.50 Å². The third-order valence-corrected chi connectivity index (χ3v) is 3.73. The summed E-state index contributed by atoms with van der Waals surface area (Å²) in [7, 11) is 0. The molecule has 0 aromatic heterocycles. The van der Waals surface area contributed by atoms with Crippen LogP contribution < -0.4 is 0 Å². The predicted octanol–water partition coefficient (Wildman–Crippen LogP) is 1.58. The lowest BCUT2D eigenvalue weighted by Gasteiger charge is -2.42. The van der Waals surface area contributed by atoms with Crippen LogP contribution in [0.2, 0.25) is 0 Å². The minimum absolute atomic E-state index is 0.169. The molecular formula is C11H20FNO. The topological polar surface area (TPSA) is 23.5 Å². The van der Waals surface area contributed by atoms with Gasteiger partial charge in [-0.15, -0.1) is 0 Å². The second-order valence-corrected chi connectivity index (χ2v) is 4.95. The third kappa shape index (κ3) is 2.26. The molecule has 2 fully saturated rings. The summed E-state index contributed by atoms with van der Waals surface area (Å²) in [5, 5.41) is 9.97. The van der Waals surface area contributed by atoms with Crippen molar-refractivity contribution < 1.29 is 9.50 Å². The van der Waals surface area contributed by atoms with Crippen molar-refractivity contribution in [2.75, 3.05) is 26.3 Å². The SMILES string of the molecule is OC1(CN2CCC(CF)CC2)CCC1. The molecule has 0 amide bonds. The molecule has 0 aromatic carbocycles. The Kier molecular flexibility index (Phi) is 3.07. The Hall–Kier alpha value is -0.150. The van der Waals surface area contributed by atoms with Crippen molar-refractivity contribution in [2.24, 2.45) is 5.92 Å². The Bertz CT molecular complexity index is 186. The van der Waals surface area contributed by atoms with Crippen molar-refractivity contribution in [1.82, 2.24) is 4.90 Å². The molecule has 14 heavy (non-hydrogen) atoms. The summed E-state index contributed by atoms with van der Waals surface area (Å²) in [6, 6.07) is 0. The van der Waals surface area contributed by atoms with Gasteiger partial charge in [-0.2, -0.15) is 0 Å². The molecule has 0 radical (unpaired) electrons. The number of piperidine rings is 1. The highest BCUT2D eigenvalue weighted by molar-refractivity contribution is 4.91. The van der Waals surface area contributed by atoms with Gasteiger partial charge in [0.05, 0.1) is 12.3 Å². The molecule has 0 spiro atoms. The largest absolute Gasteiger partial charge is 0.389 e. The zero-order valence-corrected chi connectivity index (χ0v) is 8.71. The third-order valence-electron chi connectivity index (χ3n) is 3.73. The first-order valence-electron chi connectivity index (χ1n) is 5.72. The number of nitrogens with zero attached hydrogens (tertiary/aromatic N) is 1. The van der Waals surface area contributed by atoms with Crippen LogP contribution in [-0.4, -0.2) is 41.9 Å². The lowest BCUT2D eigenvalue weighted by Crippen LogP contribution is -2.50. The van der Waals surface area contributed by atoms with Crippen LogP contribution in [-0.2, 0) is 0 Å². The molecule has 1 heterocycles. The van der Waals surface area contributed by atoms with Crippen LogP contribution in [0.25, 0.3) is 0 Å². The Morgan fingerprint density at radius 3 is 2.36 bits per heavy atom. The smallest absolute Gasteiger partial charge is 0.0923 e. The van der Waals surface area contributed by atoms with Gasteiger partial charge in [-0.25, -0.2) is 0 Å². The van der Waals surface area contributed by atoms with E-state index in [0.29, 0.717) is 0 Å². The summed E-state index contributed by atoms with van der Waals surface area (Å²) in [5.41, 5.74) is -0.400. The van der Waals surface area contributed by atoms with Crippen LogP contribution in [0.3, 0.4) is 0 Å². The highest BCUT2D eigenvalue weighted by Crippen LogP contribution is 2.33. The maximum atomic E-state index is 12.4. The molecule has 1 aliphatic carbocycles. The van der Waals surface area contributed by atoms with E-state index in [0.717, 1.165) is 51.7 Å². The van der Waals surface area contributed by atoms with Gasteiger partial charge in [0.2, 0.25) is 0 Å². The quantitative estimate of drug-likeness (QED) is 0.749. The molecule has 2 aliphatic rings. The van der Waals surface area contributed by atoms with Crippen LogP contribution in [0.15, 0.2) is 0 Å². The zero-order chi connectivity index (χ0) is 10.0. The van der Waals surface area contributed by atoms with Gasteiger partial charge in [-0.3, -0.25) is 4.39 Å². The van der Waals surface area contributed by atoms with E-state index in [-0.39, 0.29) is 12.6 Å². The van der Waals surface area contributed by atoms with E-state index in [1.165, 1.54) is 0 Å². The molecule has 1 saturated carbocycles. The van der Waals surface area contributed by atoms with Crippen molar-refractivity contribution >= 4 is 0 Å². The molecule has 1 saturated heterocycles. The van der Waals surface area contributed by atoms with E-state index in [1.807, 2.05) is 0 Å². The fourth-order valence-corrected chi connectivity index (χ4v) is 2.46. The summed E-state index contributed by atoms with van der Waals surface area (Å²) < 4.78 is 12.4. The highest BCUT2D eigenvalue weighted by atomic mass is 19.1. The average Bonchev–Trinajstić information content (AvgIpc) is 2.17. The first-order chi connectivity index (χ1) is 6.72. The highest BCUT2D eigenvalue weighted by Gasteiger charge is 2.36. The minimum atomic E-state index is -0.400. The summed E-state index contributed by atoms with van der Waals surface area (Å²) in [4.78, 5) is 2.30. The maximum absolute atomic E-state index is 12.4. The lowest BCUT2D eigenvalue weighted by molar-refractivity contribution is -0.0640. The standard InChI is InChI=1S/C11H20FNO/c12-8-10-2-6-13(7-3-10)9-11(14)4-1-5-11/h10,14H,1-9H2. The molecule has 3 heteroatoms. The average molecular weight is 201 g/mol. The summed E-state index contributed by atoms with van der Waals surface area (Å²) in [6.45, 7) is 2.58. The molecular weight excluding hydrogens is 181 g/mol.